The third-order valence-corrected chi connectivity index (χ3v) is 4.23. The molecule has 2 atom stereocenters. The number of carbonyl (C=O) groups excluding carboxylic acids is 1. The van der Waals surface area contributed by atoms with Crippen molar-refractivity contribution in [1.29, 1.82) is 0 Å². The molecule has 0 saturated carbocycles. The standard InChI is InChI=1S/C21H26ClNO2/c1-4-20(25-18-12-10-17(22)11-13-18)21(24)23-19(14-15(2)3)16-8-6-5-7-9-16/h5-13,15,19-20H,4,14H2,1-3H3,(H,23,24)/t19-,20-/m1/s1. The third-order valence-electron chi connectivity index (χ3n) is 3.98. The molecule has 0 fully saturated rings. The fourth-order valence-electron chi connectivity index (χ4n) is 2.70. The first-order chi connectivity index (χ1) is 12.0. The van der Waals surface area contributed by atoms with E-state index in [1.807, 2.05) is 37.3 Å². The highest BCUT2D eigenvalue weighted by molar-refractivity contribution is 6.30. The molecule has 2 rings (SSSR count). The summed E-state index contributed by atoms with van der Waals surface area (Å²) in [5, 5.41) is 3.80. The van der Waals surface area contributed by atoms with Crippen molar-refractivity contribution in [1.82, 2.24) is 5.32 Å². The molecule has 0 bridgehead atoms. The zero-order valence-electron chi connectivity index (χ0n) is 15.0. The lowest BCUT2D eigenvalue weighted by atomic mass is 9.96. The Morgan fingerprint density at radius 3 is 2.28 bits per heavy atom. The van der Waals surface area contributed by atoms with Crippen LogP contribution >= 0.6 is 11.6 Å². The number of hydrogen-bond donors (Lipinski definition) is 1. The average molecular weight is 360 g/mol. The maximum absolute atomic E-state index is 12.7. The summed E-state index contributed by atoms with van der Waals surface area (Å²) in [5.74, 6) is 1.03. The van der Waals surface area contributed by atoms with Crippen LogP contribution < -0.4 is 10.1 Å². The van der Waals surface area contributed by atoms with E-state index in [2.05, 4.69) is 19.2 Å². The molecule has 0 spiro atoms. The van der Waals surface area contributed by atoms with Gasteiger partial charge in [0.15, 0.2) is 6.10 Å². The summed E-state index contributed by atoms with van der Waals surface area (Å²) in [5.41, 5.74) is 1.12. The summed E-state index contributed by atoms with van der Waals surface area (Å²) in [6.45, 7) is 6.26. The number of halogens is 1. The van der Waals surface area contributed by atoms with Gasteiger partial charge in [0, 0.05) is 5.02 Å². The second-order valence-corrected chi connectivity index (χ2v) is 7.01. The van der Waals surface area contributed by atoms with Crippen molar-refractivity contribution in [3.63, 3.8) is 0 Å². The average Bonchev–Trinajstić information content (AvgIpc) is 2.61. The highest BCUT2D eigenvalue weighted by atomic mass is 35.5. The Morgan fingerprint density at radius 1 is 1.08 bits per heavy atom. The molecule has 1 N–H and O–H groups in total. The van der Waals surface area contributed by atoms with Gasteiger partial charge in [0.2, 0.25) is 0 Å². The molecule has 0 aliphatic rings. The Kier molecular flexibility index (Phi) is 7.32. The molecule has 25 heavy (non-hydrogen) atoms. The predicted molar refractivity (Wildman–Crippen MR) is 103 cm³/mol. The number of hydrogen-bond acceptors (Lipinski definition) is 2. The topological polar surface area (TPSA) is 38.3 Å². The monoisotopic (exact) mass is 359 g/mol. The van der Waals surface area contributed by atoms with Crippen LogP contribution in [0.15, 0.2) is 54.6 Å². The van der Waals surface area contributed by atoms with Crippen LogP contribution in [-0.2, 0) is 4.79 Å². The van der Waals surface area contributed by atoms with Crippen molar-refractivity contribution in [2.45, 2.75) is 45.8 Å². The minimum atomic E-state index is -0.528. The van der Waals surface area contributed by atoms with Gasteiger partial charge in [0.25, 0.3) is 5.91 Å². The van der Waals surface area contributed by atoms with Gasteiger partial charge in [0.1, 0.15) is 5.75 Å². The van der Waals surface area contributed by atoms with E-state index in [4.69, 9.17) is 16.3 Å². The van der Waals surface area contributed by atoms with Crippen molar-refractivity contribution in [3.05, 3.63) is 65.2 Å². The molecular weight excluding hydrogens is 334 g/mol. The molecule has 0 heterocycles. The van der Waals surface area contributed by atoms with Gasteiger partial charge in [-0.1, -0.05) is 62.7 Å². The van der Waals surface area contributed by atoms with Gasteiger partial charge in [-0.2, -0.15) is 0 Å². The molecule has 1 amide bonds. The number of rotatable bonds is 8. The first-order valence-electron chi connectivity index (χ1n) is 8.77. The molecule has 4 heteroatoms. The molecule has 0 saturated heterocycles. The zero-order chi connectivity index (χ0) is 18.2. The normalized spacial score (nSPS) is 13.3. The van der Waals surface area contributed by atoms with Crippen LogP contribution in [-0.4, -0.2) is 12.0 Å². The molecule has 2 aromatic rings. The fourth-order valence-corrected chi connectivity index (χ4v) is 2.83. The second-order valence-electron chi connectivity index (χ2n) is 6.57. The Labute approximate surface area is 155 Å². The van der Waals surface area contributed by atoms with Crippen LogP contribution in [0, 0.1) is 5.92 Å². The van der Waals surface area contributed by atoms with Crippen molar-refractivity contribution in [2.75, 3.05) is 0 Å². The number of benzene rings is 2. The largest absolute Gasteiger partial charge is 0.481 e. The number of ether oxygens (including phenoxy) is 1. The second kappa shape index (κ2) is 9.47. The molecule has 0 unspecified atom stereocenters. The van der Waals surface area contributed by atoms with Gasteiger partial charge in [-0.05, 0) is 48.6 Å². The minimum absolute atomic E-state index is 0.0171. The molecule has 0 aliphatic carbocycles. The summed E-state index contributed by atoms with van der Waals surface area (Å²) in [4.78, 5) is 12.7. The maximum atomic E-state index is 12.7. The summed E-state index contributed by atoms with van der Waals surface area (Å²) in [6, 6.07) is 17.1. The Bertz CT molecular complexity index is 655. The van der Waals surface area contributed by atoms with Crippen molar-refractivity contribution >= 4 is 17.5 Å². The van der Waals surface area contributed by atoms with Gasteiger partial charge in [-0.25, -0.2) is 0 Å². The summed E-state index contributed by atoms with van der Waals surface area (Å²) in [6.07, 6.45) is 0.949. The lowest BCUT2D eigenvalue weighted by Crippen LogP contribution is -2.40. The highest BCUT2D eigenvalue weighted by Gasteiger charge is 2.23. The highest BCUT2D eigenvalue weighted by Crippen LogP contribution is 2.22. The smallest absolute Gasteiger partial charge is 0.261 e. The molecule has 0 aromatic heterocycles. The summed E-state index contributed by atoms with van der Waals surface area (Å²) >= 11 is 5.89. The molecule has 0 aliphatic heterocycles. The fraction of sp³-hybridized carbons (Fsp3) is 0.381. The van der Waals surface area contributed by atoms with E-state index in [0.717, 1.165) is 12.0 Å². The van der Waals surface area contributed by atoms with Crippen LogP contribution in [0.5, 0.6) is 5.75 Å². The van der Waals surface area contributed by atoms with Crippen LogP contribution in [0.3, 0.4) is 0 Å². The van der Waals surface area contributed by atoms with E-state index in [-0.39, 0.29) is 11.9 Å². The Hall–Kier alpha value is -2.00. The van der Waals surface area contributed by atoms with Gasteiger partial charge in [-0.15, -0.1) is 0 Å². The van der Waals surface area contributed by atoms with Crippen molar-refractivity contribution in [2.24, 2.45) is 5.92 Å². The zero-order valence-corrected chi connectivity index (χ0v) is 15.8. The SMILES string of the molecule is CC[C@@H](Oc1ccc(Cl)cc1)C(=O)N[C@H](CC(C)C)c1ccccc1. The Morgan fingerprint density at radius 2 is 1.72 bits per heavy atom. The first-order valence-corrected chi connectivity index (χ1v) is 9.15. The predicted octanol–water partition coefficient (Wildman–Crippen LogP) is 5.40. The van der Waals surface area contributed by atoms with Gasteiger partial charge >= 0.3 is 0 Å². The molecular formula is C21H26ClNO2. The van der Waals surface area contributed by atoms with Crippen molar-refractivity contribution in [3.8, 4) is 5.75 Å². The number of amides is 1. The molecule has 0 radical (unpaired) electrons. The summed E-state index contributed by atoms with van der Waals surface area (Å²) in [7, 11) is 0. The van der Waals surface area contributed by atoms with E-state index < -0.39 is 6.10 Å². The van der Waals surface area contributed by atoms with Gasteiger partial charge in [0.05, 0.1) is 6.04 Å². The summed E-state index contributed by atoms with van der Waals surface area (Å²) < 4.78 is 5.85. The van der Waals surface area contributed by atoms with E-state index in [0.29, 0.717) is 23.1 Å². The van der Waals surface area contributed by atoms with E-state index >= 15 is 0 Å². The van der Waals surface area contributed by atoms with Crippen LogP contribution in [0.25, 0.3) is 0 Å². The lowest BCUT2D eigenvalue weighted by Gasteiger charge is -2.24. The minimum Gasteiger partial charge on any atom is -0.481 e. The number of nitrogens with one attached hydrogen (secondary N) is 1. The van der Waals surface area contributed by atoms with Gasteiger partial charge < -0.3 is 10.1 Å². The quantitative estimate of drug-likeness (QED) is 0.685. The third kappa shape index (κ3) is 6.09. The maximum Gasteiger partial charge on any atom is 0.261 e. The van der Waals surface area contributed by atoms with Crippen LogP contribution in [0.4, 0.5) is 0 Å². The molecule has 134 valence electrons. The van der Waals surface area contributed by atoms with E-state index in [1.54, 1.807) is 24.3 Å². The van der Waals surface area contributed by atoms with E-state index in [1.165, 1.54) is 0 Å². The van der Waals surface area contributed by atoms with Crippen LogP contribution in [0.1, 0.15) is 45.2 Å². The van der Waals surface area contributed by atoms with Crippen LogP contribution in [0.2, 0.25) is 5.02 Å². The lowest BCUT2D eigenvalue weighted by molar-refractivity contribution is -0.129. The molecule has 3 nitrogen and oxygen atoms in total. The van der Waals surface area contributed by atoms with Gasteiger partial charge in [-0.3, -0.25) is 4.79 Å². The number of carbonyl (C=O) groups is 1. The van der Waals surface area contributed by atoms with E-state index in [9.17, 15) is 4.79 Å². The Balaban J connectivity index is 2.08. The first kappa shape index (κ1) is 19.3. The van der Waals surface area contributed by atoms with Crippen molar-refractivity contribution < 1.29 is 9.53 Å². The molecule has 2 aromatic carbocycles.